The molecule has 1 fully saturated rings. The molecule has 0 aliphatic carbocycles. The Kier molecular flexibility index (Phi) is 4.29. The van der Waals surface area contributed by atoms with Crippen LogP contribution >= 0.6 is 15.9 Å². The highest BCUT2D eigenvalue weighted by molar-refractivity contribution is 9.10. The standard InChI is InChI=1S/C16H17BrN6O/c17-11-7-3-4-8-12(11)18-15-16(23-9-5-1-2-6-10-23)20-14-13(19-15)21-24-22-14/h3-4,7-8H,1-2,5-6,9-10H2,(H,18,19,21). The van der Waals surface area contributed by atoms with Gasteiger partial charge in [0.1, 0.15) is 0 Å². The summed E-state index contributed by atoms with van der Waals surface area (Å²) < 4.78 is 5.75. The Balaban J connectivity index is 1.76. The molecule has 0 radical (unpaired) electrons. The Hall–Kier alpha value is -2.22. The molecule has 1 aliphatic heterocycles. The highest BCUT2D eigenvalue weighted by Crippen LogP contribution is 2.31. The number of halogens is 1. The summed E-state index contributed by atoms with van der Waals surface area (Å²) in [6.07, 6.45) is 4.83. The SMILES string of the molecule is Brc1ccccc1Nc1nc2nonc2nc1N1CCCCCC1. The second kappa shape index (κ2) is 6.72. The molecule has 2 aromatic heterocycles. The van der Waals surface area contributed by atoms with Crippen LogP contribution in [0, 0.1) is 0 Å². The van der Waals surface area contributed by atoms with Crippen LogP contribution in [-0.2, 0) is 0 Å². The number of rotatable bonds is 3. The van der Waals surface area contributed by atoms with Gasteiger partial charge in [0, 0.05) is 17.6 Å². The molecule has 124 valence electrons. The summed E-state index contributed by atoms with van der Waals surface area (Å²) in [5.41, 5.74) is 1.77. The lowest BCUT2D eigenvalue weighted by atomic mass is 10.2. The van der Waals surface area contributed by atoms with Crippen molar-refractivity contribution >= 4 is 44.5 Å². The Bertz CT molecular complexity index is 843. The number of hydrogen-bond acceptors (Lipinski definition) is 7. The number of para-hydroxylation sites is 1. The second-order valence-electron chi connectivity index (χ2n) is 5.81. The molecule has 3 heterocycles. The molecule has 0 bridgehead atoms. The minimum Gasteiger partial charge on any atom is -0.353 e. The lowest BCUT2D eigenvalue weighted by Gasteiger charge is -2.23. The second-order valence-corrected chi connectivity index (χ2v) is 6.67. The number of nitrogens with one attached hydrogen (secondary N) is 1. The third kappa shape index (κ3) is 3.06. The van der Waals surface area contributed by atoms with E-state index in [1.807, 2.05) is 24.3 Å². The number of nitrogens with zero attached hydrogens (tertiary/aromatic N) is 5. The van der Waals surface area contributed by atoms with Gasteiger partial charge in [-0.2, -0.15) is 0 Å². The van der Waals surface area contributed by atoms with Gasteiger partial charge in [0.25, 0.3) is 0 Å². The highest BCUT2D eigenvalue weighted by atomic mass is 79.9. The summed E-state index contributed by atoms with van der Waals surface area (Å²) in [6.45, 7) is 1.94. The lowest BCUT2D eigenvalue weighted by Crippen LogP contribution is -2.26. The van der Waals surface area contributed by atoms with Gasteiger partial charge >= 0.3 is 0 Å². The largest absolute Gasteiger partial charge is 0.353 e. The first-order chi connectivity index (χ1) is 11.8. The Morgan fingerprint density at radius 2 is 1.67 bits per heavy atom. The van der Waals surface area contributed by atoms with Crippen LogP contribution in [0.5, 0.6) is 0 Å². The molecule has 0 saturated carbocycles. The van der Waals surface area contributed by atoms with E-state index < -0.39 is 0 Å². The summed E-state index contributed by atoms with van der Waals surface area (Å²) in [4.78, 5) is 11.5. The summed E-state index contributed by atoms with van der Waals surface area (Å²) >= 11 is 3.56. The van der Waals surface area contributed by atoms with E-state index in [4.69, 9.17) is 4.63 Å². The number of benzene rings is 1. The maximum atomic E-state index is 4.78. The monoisotopic (exact) mass is 388 g/mol. The van der Waals surface area contributed by atoms with Crippen LogP contribution in [0.4, 0.5) is 17.3 Å². The fourth-order valence-electron chi connectivity index (χ4n) is 2.91. The van der Waals surface area contributed by atoms with E-state index in [2.05, 4.69) is 46.4 Å². The third-order valence-electron chi connectivity index (χ3n) is 4.13. The van der Waals surface area contributed by atoms with E-state index >= 15 is 0 Å². The van der Waals surface area contributed by atoms with Gasteiger partial charge in [-0.15, -0.1) is 0 Å². The van der Waals surface area contributed by atoms with Gasteiger partial charge < -0.3 is 10.2 Å². The van der Waals surface area contributed by atoms with E-state index in [1.54, 1.807) is 0 Å². The van der Waals surface area contributed by atoms with Gasteiger partial charge in [0.15, 0.2) is 11.6 Å². The molecular weight excluding hydrogens is 372 g/mol. The van der Waals surface area contributed by atoms with E-state index in [1.165, 1.54) is 12.8 Å². The summed E-state index contributed by atoms with van der Waals surface area (Å²) in [5, 5.41) is 11.0. The molecule has 0 atom stereocenters. The summed E-state index contributed by atoms with van der Waals surface area (Å²) in [6, 6.07) is 7.92. The Morgan fingerprint density at radius 3 is 2.42 bits per heavy atom. The minimum atomic E-state index is 0.406. The molecule has 1 aliphatic rings. The number of aromatic nitrogens is 4. The van der Waals surface area contributed by atoms with Crippen LogP contribution in [0.15, 0.2) is 33.4 Å². The molecule has 24 heavy (non-hydrogen) atoms. The van der Waals surface area contributed by atoms with Gasteiger partial charge in [0.2, 0.25) is 11.3 Å². The molecule has 7 nitrogen and oxygen atoms in total. The molecule has 0 spiro atoms. The fourth-order valence-corrected chi connectivity index (χ4v) is 3.29. The van der Waals surface area contributed by atoms with E-state index in [9.17, 15) is 0 Å². The van der Waals surface area contributed by atoms with Crippen LogP contribution in [-0.4, -0.2) is 33.4 Å². The molecule has 0 amide bonds. The average Bonchev–Trinajstić information content (AvgIpc) is 2.88. The lowest BCUT2D eigenvalue weighted by molar-refractivity contribution is 0.314. The van der Waals surface area contributed by atoms with Crippen LogP contribution in [0.1, 0.15) is 25.7 Å². The smallest absolute Gasteiger partial charge is 0.245 e. The van der Waals surface area contributed by atoms with E-state index in [0.717, 1.165) is 41.9 Å². The number of anilines is 3. The molecule has 0 unspecified atom stereocenters. The van der Waals surface area contributed by atoms with Crippen LogP contribution in [0.2, 0.25) is 0 Å². The first kappa shape index (κ1) is 15.3. The van der Waals surface area contributed by atoms with Crippen molar-refractivity contribution in [2.45, 2.75) is 25.7 Å². The Labute approximate surface area is 147 Å². The van der Waals surface area contributed by atoms with Crippen molar-refractivity contribution in [1.29, 1.82) is 0 Å². The van der Waals surface area contributed by atoms with Crippen LogP contribution in [0.25, 0.3) is 11.3 Å². The van der Waals surface area contributed by atoms with Crippen molar-refractivity contribution in [3.63, 3.8) is 0 Å². The van der Waals surface area contributed by atoms with Crippen molar-refractivity contribution in [1.82, 2.24) is 20.3 Å². The van der Waals surface area contributed by atoms with E-state index in [-0.39, 0.29) is 0 Å². The number of hydrogen-bond donors (Lipinski definition) is 1. The maximum absolute atomic E-state index is 4.78. The van der Waals surface area contributed by atoms with Gasteiger partial charge in [-0.25, -0.2) is 14.6 Å². The molecule has 8 heteroatoms. The van der Waals surface area contributed by atoms with Gasteiger partial charge in [-0.05, 0) is 51.2 Å². The molecular formula is C16H17BrN6O. The zero-order valence-electron chi connectivity index (χ0n) is 13.1. The third-order valence-corrected chi connectivity index (χ3v) is 4.82. The van der Waals surface area contributed by atoms with Crippen molar-refractivity contribution in [3.8, 4) is 0 Å². The van der Waals surface area contributed by atoms with Gasteiger partial charge in [-0.1, -0.05) is 25.0 Å². The highest BCUT2D eigenvalue weighted by Gasteiger charge is 2.20. The van der Waals surface area contributed by atoms with Crippen molar-refractivity contribution < 1.29 is 4.63 Å². The zero-order valence-corrected chi connectivity index (χ0v) is 14.7. The zero-order chi connectivity index (χ0) is 16.4. The molecule has 4 rings (SSSR count). The molecule has 1 saturated heterocycles. The topological polar surface area (TPSA) is 80.0 Å². The predicted molar refractivity (Wildman–Crippen MR) is 95.5 cm³/mol. The van der Waals surface area contributed by atoms with Crippen molar-refractivity contribution in [3.05, 3.63) is 28.7 Å². The maximum Gasteiger partial charge on any atom is 0.245 e. The van der Waals surface area contributed by atoms with Crippen molar-refractivity contribution in [2.75, 3.05) is 23.3 Å². The van der Waals surface area contributed by atoms with Crippen molar-refractivity contribution in [2.24, 2.45) is 0 Å². The number of fused-ring (bicyclic) bond motifs is 1. The molecule has 3 aromatic rings. The average molecular weight is 389 g/mol. The normalized spacial score (nSPS) is 15.5. The first-order valence-electron chi connectivity index (χ1n) is 8.08. The van der Waals surface area contributed by atoms with Crippen LogP contribution < -0.4 is 10.2 Å². The molecule has 1 N–H and O–H groups in total. The van der Waals surface area contributed by atoms with Gasteiger partial charge in [0.05, 0.1) is 5.69 Å². The quantitative estimate of drug-likeness (QED) is 0.728. The first-order valence-corrected chi connectivity index (χ1v) is 8.87. The molecule has 1 aromatic carbocycles. The summed E-state index contributed by atoms with van der Waals surface area (Å²) in [5.74, 6) is 1.47. The van der Waals surface area contributed by atoms with E-state index in [0.29, 0.717) is 17.1 Å². The minimum absolute atomic E-state index is 0.406. The predicted octanol–water partition coefficient (Wildman–Crippen LogP) is 3.90. The van der Waals surface area contributed by atoms with Gasteiger partial charge in [-0.3, -0.25) is 0 Å². The Morgan fingerprint density at radius 1 is 0.958 bits per heavy atom. The fraction of sp³-hybridized carbons (Fsp3) is 0.375. The van der Waals surface area contributed by atoms with Crippen LogP contribution in [0.3, 0.4) is 0 Å². The summed E-state index contributed by atoms with van der Waals surface area (Å²) in [7, 11) is 0.